The van der Waals surface area contributed by atoms with Crippen molar-refractivity contribution in [2.24, 2.45) is 5.73 Å². The van der Waals surface area contributed by atoms with Crippen LogP contribution in [-0.4, -0.2) is 36.5 Å². The van der Waals surface area contributed by atoms with E-state index in [1.165, 1.54) is 0 Å². The van der Waals surface area contributed by atoms with Crippen LogP contribution in [-0.2, 0) is 6.54 Å². The minimum Gasteiger partial charge on any atom is -0.395 e. The molecule has 1 aromatic rings. The van der Waals surface area contributed by atoms with E-state index >= 15 is 0 Å². The van der Waals surface area contributed by atoms with Crippen molar-refractivity contribution in [3.63, 3.8) is 0 Å². The number of aliphatic hydroxyl groups is 2. The molecule has 4 N–H and O–H groups in total. The Morgan fingerprint density at radius 1 is 1.19 bits per heavy atom. The predicted molar refractivity (Wildman–Crippen MR) is 65.5 cm³/mol. The van der Waals surface area contributed by atoms with E-state index in [9.17, 15) is 0 Å². The molecule has 1 rings (SSSR count). The number of nitrogens with two attached hydrogens (primary N) is 1. The van der Waals surface area contributed by atoms with Gasteiger partial charge in [0.25, 0.3) is 0 Å². The zero-order valence-electron chi connectivity index (χ0n) is 9.69. The van der Waals surface area contributed by atoms with Crippen LogP contribution >= 0.6 is 0 Å². The molecule has 0 unspecified atom stereocenters. The first-order valence-electron chi connectivity index (χ1n) is 5.49. The standard InChI is InChI=1S/C12H20N2O2/c1-10-3-2-4-11(9-13)12(10)14(5-7-15)6-8-16/h2-4,15-16H,5-9,13H2,1H3. The lowest BCUT2D eigenvalue weighted by Gasteiger charge is -2.27. The molecule has 0 radical (unpaired) electrons. The number of hydrogen-bond acceptors (Lipinski definition) is 4. The molecule has 0 aliphatic heterocycles. The highest BCUT2D eigenvalue weighted by molar-refractivity contribution is 5.59. The van der Waals surface area contributed by atoms with Crippen LogP contribution < -0.4 is 10.6 Å². The maximum atomic E-state index is 9.02. The minimum absolute atomic E-state index is 0.0678. The van der Waals surface area contributed by atoms with Gasteiger partial charge in [-0.15, -0.1) is 0 Å². The van der Waals surface area contributed by atoms with Crippen LogP contribution in [0, 0.1) is 6.92 Å². The second-order valence-electron chi connectivity index (χ2n) is 3.72. The Kier molecular flexibility index (Phi) is 5.25. The zero-order chi connectivity index (χ0) is 12.0. The van der Waals surface area contributed by atoms with Crippen LogP contribution in [0.5, 0.6) is 0 Å². The Labute approximate surface area is 96.3 Å². The quantitative estimate of drug-likeness (QED) is 0.647. The Morgan fingerprint density at radius 3 is 2.31 bits per heavy atom. The highest BCUT2D eigenvalue weighted by atomic mass is 16.3. The van der Waals surface area contributed by atoms with Gasteiger partial charge >= 0.3 is 0 Å². The van der Waals surface area contributed by atoms with Gasteiger partial charge in [-0.1, -0.05) is 18.2 Å². The molecule has 0 amide bonds. The number of hydrogen-bond donors (Lipinski definition) is 3. The SMILES string of the molecule is Cc1cccc(CN)c1N(CCO)CCO. The average molecular weight is 224 g/mol. The highest BCUT2D eigenvalue weighted by Gasteiger charge is 2.11. The van der Waals surface area contributed by atoms with Gasteiger partial charge in [-0.2, -0.15) is 0 Å². The van der Waals surface area contributed by atoms with Gasteiger partial charge in [0.2, 0.25) is 0 Å². The summed E-state index contributed by atoms with van der Waals surface area (Å²) in [6.45, 7) is 3.63. The van der Waals surface area contributed by atoms with Gasteiger partial charge in [-0.05, 0) is 18.1 Å². The molecule has 0 spiro atoms. The molecule has 0 fully saturated rings. The molecule has 0 aliphatic carbocycles. The zero-order valence-corrected chi connectivity index (χ0v) is 9.69. The first kappa shape index (κ1) is 13.0. The monoisotopic (exact) mass is 224 g/mol. The summed E-state index contributed by atoms with van der Waals surface area (Å²) >= 11 is 0. The van der Waals surface area contributed by atoms with Crippen LogP contribution in [0.3, 0.4) is 0 Å². The number of rotatable bonds is 6. The second kappa shape index (κ2) is 6.48. The average Bonchev–Trinajstić information content (AvgIpc) is 2.28. The fourth-order valence-corrected chi connectivity index (χ4v) is 1.91. The molecule has 0 aliphatic rings. The van der Waals surface area contributed by atoms with Crippen molar-refractivity contribution in [2.45, 2.75) is 13.5 Å². The number of benzene rings is 1. The molecule has 0 heterocycles. The fourth-order valence-electron chi connectivity index (χ4n) is 1.91. The summed E-state index contributed by atoms with van der Waals surface area (Å²) in [5.74, 6) is 0. The second-order valence-corrected chi connectivity index (χ2v) is 3.72. The van der Waals surface area contributed by atoms with E-state index in [1.54, 1.807) is 0 Å². The first-order chi connectivity index (χ1) is 7.74. The number of anilines is 1. The molecule has 0 saturated heterocycles. The molecule has 0 saturated carbocycles. The molecular formula is C12H20N2O2. The lowest BCUT2D eigenvalue weighted by Crippen LogP contribution is -2.31. The van der Waals surface area contributed by atoms with Crippen molar-refractivity contribution in [2.75, 3.05) is 31.2 Å². The Hall–Kier alpha value is -1.10. The minimum atomic E-state index is 0.0678. The molecular weight excluding hydrogens is 204 g/mol. The van der Waals surface area contributed by atoms with Gasteiger partial charge in [0.15, 0.2) is 0 Å². The predicted octanol–water partition coefficient (Wildman–Crippen LogP) is 0.245. The van der Waals surface area contributed by atoms with Crippen LogP contribution in [0.4, 0.5) is 5.69 Å². The van der Waals surface area contributed by atoms with Crippen molar-refractivity contribution >= 4 is 5.69 Å². The molecule has 0 aromatic heterocycles. The molecule has 16 heavy (non-hydrogen) atoms. The van der Waals surface area contributed by atoms with Crippen LogP contribution in [0.25, 0.3) is 0 Å². The summed E-state index contributed by atoms with van der Waals surface area (Å²) in [6, 6.07) is 5.96. The Morgan fingerprint density at radius 2 is 1.81 bits per heavy atom. The summed E-state index contributed by atoms with van der Waals surface area (Å²) in [6.07, 6.45) is 0. The number of nitrogens with zero attached hydrogens (tertiary/aromatic N) is 1. The lowest BCUT2D eigenvalue weighted by molar-refractivity contribution is 0.281. The van der Waals surface area contributed by atoms with Crippen molar-refractivity contribution in [3.05, 3.63) is 29.3 Å². The van der Waals surface area contributed by atoms with E-state index in [0.29, 0.717) is 19.6 Å². The summed E-state index contributed by atoms with van der Waals surface area (Å²) in [7, 11) is 0. The fraction of sp³-hybridized carbons (Fsp3) is 0.500. The number of aryl methyl sites for hydroxylation is 1. The summed E-state index contributed by atoms with van der Waals surface area (Å²) in [4.78, 5) is 1.97. The van der Waals surface area contributed by atoms with E-state index in [2.05, 4.69) is 0 Å². The summed E-state index contributed by atoms with van der Waals surface area (Å²) < 4.78 is 0. The third kappa shape index (κ3) is 2.95. The van der Waals surface area contributed by atoms with E-state index < -0.39 is 0 Å². The first-order valence-corrected chi connectivity index (χ1v) is 5.49. The van der Waals surface area contributed by atoms with E-state index in [4.69, 9.17) is 15.9 Å². The van der Waals surface area contributed by atoms with Crippen molar-refractivity contribution in [1.29, 1.82) is 0 Å². The van der Waals surface area contributed by atoms with Crippen LogP contribution in [0.2, 0.25) is 0 Å². The Balaban J connectivity index is 3.05. The van der Waals surface area contributed by atoms with Crippen molar-refractivity contribution in [1.82, 2.24) is 0 Å². The topological polar surface area (TPSA) is 69.7 Å². The third-order valence-corrected chi connectivity index (χ3v) is 2.60. The van der Waals surface area contributed by atoms with E-state index in [-0.39, 0.29) is 13.2 Å². The van der Waals surface area contributed by atoms with Gasteiger partial charge in [0, 0.05) is 25.3 Å². The molecule has 1 aromatic carbocycles. The number of aliphatic hydroxyl groups excluding tert-OH is 2. The smallest absolute Gasteiger partial charge is 0.0606 e. The molecule has 0 bridgehead atoms. The maximum Gasteiger partial charge on any atom is 0.0606 e. The van der Waals surface area contributed by atoms with Gasteiger partial charge in [0.1, 0.15) is 0 Å². The van der Waals surface area contributed by atoms with Gasteiger partial charge < -0.3 is 20.8 Å². The normalized spacial score (nSPS) is 10.5. The summed E-state index contributed by atoms with van der Waals surface area (Å²) in [5, 5.41) is 18.0. The highest BCUT2D eigenvalue weighted by Crippen LogP contribution is 2.24. The molecule has 4 heteroatoms. The third-order valence-electron chi connectivity index (χ3n) is 2.60. The molecule has 4 nitrogen and oxygen atoms in total. The van der Waals surface area contributed by atoms with Crippen LogP contribution in [0.1, 0.15) is 11.1 Å². The van der Waals surface area contributed by atoms with E-state index in [1.807, 2.05) is 30.0 Å². The lowest BCUT2D eigenvalue weighted by atomic mass is 10.1. The van der Waals surface area contributed by atoms with E-state index in [0.717, 1.165) is 16.8 Å². The largest absolute Gasteiger partial charge is 0.395 e. The summed E-state index contributed by atoms with van der Waals surface area (Å²) in [5.41, 5.74) is 8.89. The van der Waals surface area contributed by atoms with Gasteiger partial charge in [-0.25, -0.2) is 0 Å². The number of para-hydroxylation sites is 1. The maximum absolute atomic E-state index is 9.02. The van der Waals surface area contributed by atoms with Crippen LogP contribution in [0.15, 0.2) is 18.2 Å². The molecule has 90 valence electrons. The van der Waals surface area contributed by atoms with Crippen molar-refractivity contribution in [3.8, 4) is 0 Å². The van der Waals surface area contributed by atoms with Gasteiger partial charge in [-0.3, -0.25) is 0 Å². The Bertz CT molecular complexity index is 323. The molecule has 0 atom stereocenters. The van der Waals surface area contributed by atoms with Gasteiger partial charge in [0.05, 0.1) is 13.2 Å². The van der Waals surface area contributed by atoms with Crippen molar-refractivity contribution < 1.29 is 10.2 Å².